The fraction of sp³-hybridized carbons (Fsp3) is 0.382. The van der Waals surface area contributed by atoms with Crippen molar-refractivity contribution in [2.75, 3.05) is 26.2 Å². The molecule has 1 aliphatic rings. The number of aromatic nitrogens is 2. The Morgan fingerprint density at radius 2 is 1.84 bits per heavy atom. The van der Waals surface area contributed by atoms with Crippen LogP contribution in [0.5, 0.6) is 0 Å². The number of carbonyl (C=O) groups is 1. The van der Waals surface area contributed by atoms with Crippen LogP contribution in [0.4, 0.5) is 0 Å². The van der Waals surface area contributed by atoms with E-state index in [1.807, 2.05) is 40.3 Å². The summed E-state index contributed by atoms with van der Waals surface area (Å²) in [4.78, 5) is 35.8. The predicted octanol–water partition coefficient (Wildman–Crippen LogP) is 6.01. The van der Waals surface area contributed by atoms with E-state index < -0.39 is 0 Å². The van der Waals surface area contributed by atoms with Crippen molar-refractivity contribution in [3.63, 3.8) is 0 Å². The third-order valence-corrected chi connectivity index (χ3v) is 9.09. The van der Waals surface area contributed by atoms with Crippen molar-refractivity contribution >= 4 is 28.8 Å². The Morgan fingerprint density at radius 1 is 1.14 bits per heavy atom. The van der Waals surface area contributed by atoms with Crippen molar-refractivity contribution in [2.24, 2.45) is 5.92 Å². The van der Waals surface area contributed by atoms with Crippen molar-refractivity contribution in [3.05, 3.63) is 91.7 Å². The standard InChI is InChI=1S/C34H39ClN4O3S/c1-5-22-8-7-9-23(6-2)31(22)39-30(16-21(3)4)27(33(41)38-15-14-36-26(18-38)19-40)17-28(34(39)42)32-37-29(20-43-32)24-10-12-25(35)13-11-24/h7-13,17,20-21,26,36,40H,5-6,14-16,18-19H2,1-4H3/t26-/m0/s1. The molecule has 2 N–H and O–H groups in total. The molecule has 1 aliphatic heterocycles. The van der Waals surface area contributed by atoms with Crippen LogP contribution in [0, 0.1) is 5.92 Å². The average molecular weight is 619 g/mol. The van der Waals surface area contributed by atoms with Crippen LogP contribution < -0.4 is 10.9 Å². The van der Waals surface area contributed by atoms with Gasteiger partial charge in [0.25, 0.3) is 11.5 Å². The number of piperazine rings is 1. The number of pyridine rings is 1. The lowest BCUT2D eigenvalue weighted by molar-refractivity contribution is 0.0669. The summed E-state index contributed by atoms with van der Waals surface area (Å²) >= 11 is 7.50. The number of halogens is 1. The summed E-state index contributed by atoms with van der Waals surface area (Å²) in [5, 5.41) is 16.2. The summed E-state index contributed by atoms with van der Waals surface area (Å²) in [6.45, 7) is 9.86. The number of nitrogens with one attached hydrogen (secondary N) is 1. The molecule has 7 nitrogen and oxygen atoms in total. The average Bonchev–Trinajstić information content (AvgIpc) is 3.51. The molecule has 0 saturated carbocycles. The minimum absolute atomic E-state index is 0.0519. The minimum Gasteiger partial charge on any atom is -0.395 e. The molecule has 1 atom stereocenters. The van der Waals surface area contributed by atoms with Crippen LogP contribution in [0.2, 0.25) is 5.02 Å². The van der Waals surface area contributed by atoms with Crippen LogP contribution in [0.1, 0.15) is 54.9 Å². The number of thiazole rings is 1. The van der Waals surface area contributed by atoms with Crippen molar-refractivity contribution in [2.45, 2.75) is 53.0 Å². The van der Waals surface area contributed by atoms with Gasteiger partial charge in [-0.15, -0.1) is 11.3 Å². The number of aliphatic hydroxyl groups excluding tert-OH is 1. The van der Waals surface area contributed by atoms with Crippen LogP contribution in [-0.2, 0) is 19.3 Å². The van der Waals surface area contributed by atoms with E-state index in [0.29, 0.717) is 47.2 Å². The SMILES string of the molecule is CCc1cccc(CC)c1-n1c(CC(C)C)c(C(=O)N2CCN[C@H](CO)C2)cc(-c2nc(-c3ccc(Cl)cc3)cs2)c1=O. The number of hydrogen-bond acceptors (Lipinski definition) is 6. The first-order valence-corrected chi connectivity index (χ1v) is 16.3. The predicted molar refractivity (Wildman–Crippen MR) is 176 cm³/mol. The first kappa shape index (κ1) is 31.1. The summed E-state index contributed by atoms with van der Waals surface area (Å²) in [5.74, 6) is 0.0682. The van der Waals surface area contributed by atoms with Crippen LogP contribution in [0.3, 0.4) is 0 Å². The van der Waals surface area contributed by atoms with Gasteiger partial charge in [0.2, 0.25) is 0 Å². The highest BCUT2D eigenvalue weighted by Crippen LogP contribution is 2.32. The fourth-order valence-electron chi connectivity index (χ4n) is 5.77. The van der Waals surface area contributed by atoms with E-state index in [4.69, 9.17) is 16.6 Å². The summed E-state index contributed by atoms with van der Waals surface area (Å²) < 4.78 is 1.81. The zero-order valence-electron chi connectivity index (χ0n) is 25.2. The lowest BCUT2D eigenvalue weighted by Crippen LogP contribution is -2.54. The van der Waals surface area contributed by atoms with Crippen LogP contribution in [-0.4, -0.2) is 57.7 Å². The van der Waals surface area contributed by atoms with Crippen LogP contribution in [0.25, 0.3) is 27.5 Å². The summed E-state index contributed by atoms with van der Waals surface area (Å²) in [5.41, 5.74) is 6.11. The molecule has 2 aromatic heterocycles. The molecule has 4 aromatic rings. The van der Waals surface area contributed by atoms with Crippen molar-refractivity contribution in [1.29, 1.82) is 0 Å². The highest BCUT2D eigenvalue weighted by molar-refractivity contribution is 7.13. The maximum atomic E-state index is 14.7. The van der Waals surface area contributed by atoms with E-state index in [-0.39, 0.29) is 30.0 Å². The van der Waals surface area contributed by atoms with Gasteiger partial charge in [0, 0.05) is 47.3 Å². The van der Waals surface area contributed by atoms with E-state index >= 15 is 0 Å². The van der Waals surface area contributed by atoms with Gasteiger partial charge in [-0.2, -0.15) is 0 Å². The van der Waals surface area contributed by atoms with E-state index in [9.17, 15) is 14.7 Å². The molecule has 43 heavy (non-hydrogen) atoms. The number of hydrogen-bond donors (Lipinski definition) is 2. The molecule has 1 amide bonds. The second-order valence-electron chi connectivity index (χ2n) is 11.4. The smallest absolute Gasteiger partial charge is 0.265 e. The largest absolute Gasteiger partial charge is 0.395 e. The zero-order chi connectivity index (χ0) is 30.7. The van der Waals surface area contributed by atoms with Crippen LogP contribution in [0.15, 0.2) is 58.7 Å². The molecular formula is C34H39ClN4O3S. The van der Waals surface area contributed by atoms with Gasteiger partial charge in [0.05, 0.1) is 29.1 Å². The maximum absolute atomic E-state index is 14.7. The van der Waals surface area contributed by atoms with Gasteiger partial charge in [0.1, 0.15) is 5.01 Å². The fourth-order valence-corrected chi connectivity index (χ4v) is 6.73. The molecule has 0 aliphatic carbocycles. The first-order chi connectivity index (χ1) is 20.7. The van der Waals surface area contributed by atoms with Crippen molar-refractivity contribution in [3.8, 4) is 27.5 Å². The molecule has 1 fully saturated rings. The number of benzene rings is 2. The van der Waals surface area contributed by atoms with E-state index in [0.717, 1.165) is 46.6 Å². The molecule has 3 heterocycles. The Hall–Kier alpha value is -3.30. The zero-order valence-corrected chi connectivity index (χ0v) is 26.8. The lowest BCUT2D eigenvalue weighted by atomic mass is 9.96. The van der Waals surface area contributed by atoms with Gasteiger partial charge in [-0.3, -0.25) is 14.2 Å². The van der Waals surface area contributed by atoms with Crippen molar-refractivity contribution in [1.82, 2.24) is 19.8 Å². The monoisotopic (exact) mass is 618 g/mol. The molecule has 5 rings (SSSR count). The van der Waals surface area contributed by atoms with Crippen molar-refractivity contribution < 1.29 is 9.90 Å². The Balaban J connectivity index is 1.78. The second kappa shape index (κ2) is 13.6. The third kappa shape index (κ3) is 6.48. The quantitative estimate of drug-likeness (QED) is 0.240. The molecule has 0 spiro atoms. The summed E-state index contributed by atoms with van der Waals surface area (Å²) in [7, 11) is 0. The van der Waals surface area contributed by atoms with E-state index in [1.54, 1.807) is 11.0 Å². The first-order valence-electron chi connectivity index (χ1n) is 15.0. The highest BCUT2D eigenvalue weighted by atomic mass is 35.5. The number of amides is 1. The van der Waals surface area contributed by atoms with Gasteiger partial charge in [-0.05, 0) is 54.5 Å². The Morgan fingerprint density at radius 3 is 2.47 bits per heavy atom. The molecular weight excluding hydrogens is 580 g/mol. The lowest BCUT2D eigenvalue weighted by Gasteiger charge is -2.34. The molecule has 226 valence electrons. The van der Waals surface area contributed by atoms with E-state index in [2.05, 4.69) is 45.1 Å². The number of aliphatic hydroxyl groups is 1. The number of nitrogens with zero attached hydrogens (tertiary/aromatic N) is 3. The van der Waals surface area contributed by atoms with Gasteiger partial charge < -0.3 is 15.3 Å². The summed E-state index contributed by atoms with van der Waals surface area (Å²) in [6, 6.07) is 15.2. The molecule has 0 unspecified atom stereocenters. The molecule has 1 saturated heterocycles. The highest BCUT2D eigenvalue weighted by Gasteiger charge is 2.30. The molecule has 2 aromatic carbocycles. The van der Waals surface area contributed by atoms with Gasteiger partial charge in [-0.1, -0.05) is 69.6 Å². The van der Waals surface area contributed by atoms with Gasteiger partial charge in [0.15, 0.2) is 0 Å². The molecule has 0 bridgehead atoms. The normalized spacial score (nSPS) is 15.3. The number of para-hydroxylation sites is 1. The Bertz CT molecular complexity index is 1640. The third-order valence-electron chi connectivity index (χ3n) is 7.96. The number of aryl methyl sites for hydroxylation is 2. The minimum atomic E-state index is -0.190. The Kier molecular flexibility index (Phi) is 9.82. The second-order valence-corrected chi connectivity index (χ2v) is 12.7. The topological polar surface area (TPSA) is 87.5 Å². The molecule has 9 heteroatoms. The maximum Gasteiger partial charge on any atom is 0.265 e. The van der Waals surface area contributed by atoms with Gasteiger partial charge >= 0.3 is 0 Å². The van der Waals surface area contributed by atoms with Gasteiger partial charge in [-0.25, -0.2) is 4.98 Å². The number of carbonyl (C=O) groups excluding carboxylic acids is 1. The molecule has 0 radical (unpaired) electrons. The summed E-state index contributed by atoms with van der Waals surface area (Å²) in [6.07, 6.45) is 2.05. The number of rotatable bonds is 9. The van der Waals surface area contributed by atoms with Crippen LogP contribution >= 0.6 is 22.9 Å². The van der Waals surface area contributed by atoms with E-state index in [1.165, 1.54) is 11.3 Å². The Labute approximate surface area is 262 Å².